The van der Waals surface area contributed by atoms with Gasteiger partial charge in [0.25, 0.3) is 5.91 Å². The average Bonchev–Trinajstić information content (AvgIpc) is 3.02. The molecule has 0 bridgehead atoms. The molecule has 1 aromatic heterocycles. The molecule has 0 atom stereocenters. The number of amides is 1. The topological polar surface area (TPSA) is 55.1 Å². The van der Waals surface area contributed by atoms with Gasteiger partial charge in [0, 0.05) is 20.9 Å². The highest BCUT2D eigenvalue weighted by Crippen LogP contribution is 2.21. The Hall–Kier alpha value is -2.15. The monoisotopic (exact) mass is 404 g/mol. The van der Waals surface area contributed by atoms with E-state index < -0.39 is 0 Å². The SMILES string of the molecule is Cc1ccc(NC(=O)c2cc(-c3ccccc3)no2)cc1I. The number of aryl methyl sites for hydroxylation is 1. The first kappa shape index (κ1) is 14.8. The Morgan fingerprint density at radius 1 is 1.14 bits per heavy atom. The van der Waals surface area contributed by atoms with Gasteiger partial charge in [0.2, 0.25) is 5.76 Å². The molecule has 110 valence electrons. The van der Waals surface area contributed by atoms with E-state index in [1.807, 2.05) is 55.5 Å². The first-order valence-corrected chi connectivity index (χ1v) is 7.81. The van der Waals surface area contributed by atoms with Crippen LogP contribution in [-0.4, -0.2) is 11.1 Å². The lowest BCUT2D eigenvalue weighted by Gasteiger charge is -2.04. The summed E-state index contributed by atoms with van der Waals surface area (Å²) < 4.78 is 6.24. The van der Waals surface area contributed by atoms with Crippen molar-refractivity contribution in [3.05, 3.63) is 69.5 Å². The minimum Gasteiger partial charge on any atom is -0.350 e. The lowest BCUT2D eigenvalue weighted by atomic mass is 10.1. The van der Waals surface area contributed by atoms with Crippen LogP contribution in [-0.2, 0) is 0 Å². The number of halogens is 1. The van der Waals surface area contributed by atoms with Gasteiger partial charge in [-0.15, -0.1) is 0 Å². The molecule has 0 saturated heterocycles. The lowest BCUT2D eigenvalue weighted by molar-refractivity contribution is 0.0988. The molecule has 0 fully saturated rings. The van der Waals surface area contributed by atoms with Crippen molar-refractivity contribution in [3.8, 4) is 11.3 Å². The van der Waals surface area contributed by atoms with Gasteiger partial charge < -0.3 is 9.84 Å². The molecular formula is C17H13IN2O2. The molecule has 0 aliphatic carbocycles. The van der Waals surface area contributed by atoms with Gasteiger partial charge in [-0.1, -0.05) is 41.6 Å². The second-order valence-corrected chi connectivity index (χ2v) is 6.02. The lowest BCUT2D eigenvalue weighted by Crippen LogP contribution is -2.11. The van der Waals surface area contributed by atoms with E-state index in [2.05, 4.69) is 33.1 Å². The van der Waals surface area contributed by atoms with Crippen molar-refractivity contribution < 1.29 is 9.32 Å². The Kier molecular flexibility index (Phi) is 4.24. The standard InChI is InChI=1S/C17H13IN2O2/c1-11-7-8-13(9-14(11)18)19-17(21)16-10-15(20-22-16)12-5-3-2-4-6-12/h2-10H,1H3,(H,19,21). The molecule has 1 heterocycles. The summed E-state index contributed by atoms with van der Waals surface area (Å²) in [4.78, 5) is 12.2. The average molecular weight is 404 g/mol. The summed E-state index contributed by atoms with van der Waals surface area (Å²) in [5.41, 5.74) is 3.46. The molecule has 22 heavy (non-hydrogen) atoms. The summed E-state index contributed by atoms with van der Waals surface area (Å²) in [5, 5.41) is 6.76. The maximum Gasteiger partial charge on any atom is 0.294 e. The van der Waals surface area contributed by atoms with Crippen LogP contribution < -0.4 is 5.32 Å². The number of nitrogens with zero attached hydrogens (tertiary/aromatic N) is 1. The van der Waals surface area contributed by atoms with Gasteiger partial charge in [-0.05, 0) is 47.2 Å². The van der Waals surface area contributed by atoms with Gasteiger partial charge in [0.15, 0.2) is 0 Å². The summed E-state index contributed by atoms with van der Waals surface area (Å²) >= 11 is 2.24. The largest absolute Gasteiger partial charge is 0.350 e. The number of hydrogen-bond donors (Lipinski definition) is 1. The number of rotatable bonds is 3. The summed E-state index contributed by atoms with van der Waals surface area (Å²) in [6, 6.07) is 17.0. The van der Waals surface area contributed by atoms with Crippen LogP contribution in [0.15, 0.2) is 59.1 Å². The highest BCUT2D eigenvalue weighted by Gasteiger charge is 2.14. The molecule has 1 N–H and O–H groups in total. The van der Waals surface area contributed by atoms with Crippen LogP contribution in [0.25, 0.3) is 11.3 Å². The first-order chi connectivity index (χ1) is 10.6. The smallest absolute Gasteiger partial charge is 0.294 e. The van der Waals surface area contributed by atoms with E-state index in [4.69, 9.17) is 4.52 Å². The van der Waals surface area contributed by atoms with Crippen molar-refractivity contribution in [2.24, 2.45) is 0 Å². The molecule has 0 unspecified atom stereocenters. The van der Waals surface area contributed by atoms with E-state index in [1.54, 1.807) is 6.07 Å². The molecule has 5 heteroatoms. The van der Waals surface area contributed by atoms with Crippen molar-refractivity contribution in [2.75, 3.05) is 5.32 Å². The Morgan fingerprint density at radius 2 is 1.91 bits per heavy atom. The number of anilines is 1. The maximum absolute atomic E-state index is 12.2. The molecule has 0 radical (unpaired) electrons. The predicted molar refractivity (Wildman–Crippen MR) is 93.8 cm³/mol. The van der Waals surface area contributed by atoms with Crippen molar-refractivity contribution in [2.45, 2.75) is 6.92 Å². The van der Waals surface area contributed by atoms with Gasteiger partial charge in [-0.25, -0.2) is 0 Å². The number of benzene rings is 2. The number of hydrogen-bond acceptors (Lipinski definition) is 3. The predicted octanol–water partition coefficient (Wildman–Crippen LogP) is 4.51. The second kappa shape index (κ2) is 6.31. The highest BCUT2D eigenvalue weighted by atomic mass is 127. The van der Waals surface area contributed by atoms with Crippen LogP contribution >= 0.6 is 22.6 Å². The number of aromatic nitrogens is 1. The third kappa shape index (κ3) is 3.19. The van der Waals surface area contributed by atoms with Crippen LogP contribution in [0, 0.1) is 10.5 Å². The van der Waals surface area contributed by atoms with E-state index in [9.17, 15) is 4.79 Å². The second-order valence-electron chi connectivity index (χ2n) is 4.86. The summed E-state index contributed by atoms with van der Waals surface area (Å²) in [7, 11) is 0. The fourth-order valence-electron chi connectivity index (χ4n) is 1.99. The zero-order valence-corrected chi connectivity index (χ0v) is 14.0. The van der Waals surface area contributed by atoms with Gasteiger partial charge in [0.05, 0.1) is 0 Å². The Morgan fingerprint density at radius 3 is 2.64 bits per heavy atom. The zero-order chi connectivity index (χ0) is 15.5. The Balaban J connectivity index is 1.78. The third-order valence-corrected chi connectivity index (χ3v) is 4.40. The van der Waals surface area contributed by atoms with E-state index in [1.165, 1.54) is 5.56 Å². The molecular weight excluding hydrogens is 391 g/mol. The fourth-order valence-corrected chi connectivity index (χ4v) is 2.51. The van der Waals surface area contributed by atoms with E-state index in [-0.39, 0.29) is 11.7 Å². The van der Waals surface area contributed by atoms with Crippen molar-refractivity contribution >= 4 is 34.2 Å². The number of nitrogens with one attached hydrogen (secondary N) is 1. The van der Waals surface area contributed by atoms with Crippen molar-refractivity contribution in [1.29, 1.82) is 0 Å². The molecule has 2 aromatic carbocycles. The normalized spacial score (nSPS) is 10.5. The van der Waals surface area contributed by atoms with Gasteiger partial charge in [-0.2, -0.15) is 0 Å². The van der Waals surface area contributed by atoms with Crippen LogP contribution in [0.1, 0.15) is 16.1 Å². The molecule has 0 aliphatic rings. The van der Waals surface area contributed by atoms with Crippen LogP contribution in [0.2, 0.25) is 0 Å². The van der Waals surface area contributed by atoms with Gasteiger partial charge in [-0.3, -0.25) is 4.79 Å². The quantitative estimate of drug-likeness (QED) is 0.654. The van der Waals surface area contributed by atoms with Crippen molar-refractivity contribution in [3.63, 3.8) is 0 Å². The van der Waals surface area contributed by atoms with Gasteiger partial charge >= 0.3 is 0 Å². The van der Waals surface area contributed by atoms with E-state index in [0.717, 1.165) is 14.8 Å². The van der Waals surface area contributed by atoms with Crippen molar-refractivity contribution in [1.82, 2.24) is 5.16 Å². The van der Waals surface area contributed by atoms with Crippen LogP contribution in [0.4, 0.5) is 5.69 Å². The van der Waals surface area contributed by atoms with E-state index >= 15 is 0 Å². The maximum atomic E-state index is 12.2. The number of carbonyl (C=O) groups is 1. The van der Waals surface area contributed by atoms with E-state index in [0.29, 0.717) is 5.69 Å². The van der Waals surface area contributed by atoms with Gasteiger partial charge in [0.1, 0.15) is 5.69 Å². The number of carbonyl (C=O) groups excluding carboxylic acids is 1. The minimum absolute atomic E-state index is 0.189. The fraction of sp³-hybridized carbons (Fsp3) is 0.0588. The first-order valence-electron chi connectivity index (χ1n) is 6.73. The molecule has 4 nitrogen and oxygen atoms in total. The summed E-state index contributed by atoms with van der Waals surface area (Å²) in [6.45, 7) is 2.02. The molecule has 1 amide bonds. The Bertz CT molecular complexity index is 813. The highest BCUT2D eigenvalue weighted by molar-refractivity contribution is 14.1. The molecule has 0 spiro atoms. The van der Waals surface area contributed by atoms with Crippen LogP contribution in [0.3, 0.4) is 0 Å². The Labute approximate surface area is 141 Å². The zero-order valence-electron chi connectivity index (χ0n) is 11.8. The summed E-state index contributed by atoms with van der Waals surface area (Å²) in [6.07, 6.45) is 0. The molecule has 3 rings (SSSR count). The molecule has 0 saturated carbocycles. The third-order valence-electron chi connectivity index (χ3n) is 3.23. The minimum atomic E-state index is -0.311. The molecule has 3 aromatic rings. The van der Waals surface area contributed by atoms with Crippen LogP contribution in [0.5, 0.6) is 0 Å². The molecule has 0 aliphatic heterocycles. The summed E-state index contributed by atoms with van der Waals surface area (Å²) in [5.74, 6) is -0.122.